The number of ether oxygens (including phenoxy) is 2. The number of morpholine rings is 1. The number of aryl methyl sites for hydroxylation is 1. The Morgan fingerprint density at radius 1 is 1.25 bits per heavy atom. The van der Waals surface area contributed by atoms with Gasteiger partial charge in [-0.1, -0.05) is 24.3 Å². The normalized spacial score (nSPS) is 30.1. The number of amides is 1. The van der Waals surface area contributed by atoms with E-state index in [0.717, 1.165) is 11.1 Å². The number of nitrogens with zero attached hydrogens (tertiary/aromatic N) is 1. The third-order valence-electron chi connectivity index (χ3n) is 4.80. The highest BCUT2D eigenvalue weighted by molar-refractivity contribution is 5.69. The number of piperidine rings is 1. The Kier molecular flexibility index (Phi) is 4.34. The number of carbonyl (C=O) groups excluding carboxylic acids is 1. The van der Waals surface area contributed by atoms with Crippen LogP contribution in [0.5, 0.6) is 0 Å². The van der Waals surface area contributed by atoms with E-state index in [0.29, 0.717) is 26.1 Å². The minimum absolute atomic E-state index is 0.169. The van der Waals surface area contributed by atoms with Gasteiger partial charge < -0.3 is 14.6 Å². The average molecular weight is 333 g/mol. The quantitative estimate of drug-likeness (QED) is 0.858. The highest BCUT2D eigenvalue weighted by atomic mass is 16.6. The molecule has 0 radical (unpaired) electrons. The maximum absolute atomic E-state index is 12.6. The molecule has 0 aromatic heterocycles. The minimum atomic E-state index is -0.928. The monoisotopic (exact) mass is 333 g/mol. The summed E-state index contributed by atoms with van der Waals surface area (Å²) in [6.07, 6.45) is 0.619. The molecule has 2 aliphatic rings. The van der Waals surface area contributed by atoms with Crippen molar-refractivity contribution in [3.8, 4) is 0 Å². The highest BCUT2D eigenvalue weighted by Gasteiger charge is 2.50. The number of rotatable bonds is 1. The summed E-state index contributed by atoms with van der Waals surface area (Å²) in [7, 11) is 0. The molecule has 2 atom stereocenters. The van der Waals surface area contributed by atoms with E-state index < -0.39 is 11.2 Å². The van der Waals surface area contributed by atoms with Gasteiger partial charge in [0.2, 0.25) is 0 Å². The van der Waals surface area contributed by atoms with Gasteiger partial charge in [-0.25, -0.2) is 4.79 Å². The van der Waals surface area contributed by atoms with Crippen LogP contribution < -0.4 is 0 Å². The van der Waals surface area contributed by atoms with Crippen LogP contribution in [-0.2, 0) is 15.1 Å². The van der Waals surface area contributed by atoms with Gasteiger partial charge >= 0.3 is 6.09 Å². The molecular formula is C19H27NO4. The molecule has 0 spiro atoms. The predicted octanol–water partition coefficient (Wildman–Crippen LogP) is 2.98. The first-order valence-electron chi connectivity index (χ1n) is 8.57. The van der Waals surface area contributed by atoms with Crippen LogP contribution in [0.3, 0.4) is 0 Å². The van der Waals surface area contributed by atoms with Crippen molar-refractivity contribution in [1.82, 2.24) is 4.90 Å². The van der Waals surface area contributed by atoms with Crippen molar-refractivity contribution in [2.45, 2.75) is 63.8 Å². The Labute approximate surface area is 143 Å². The third kappa shape index (κ3) is 3.28. The lowest BCUT2D eigenvalue weighted by atomic mass is 9.75. The predicted molar refractivity (Wildman–Crippen MR) is 90.8 cm³/mol. The van der Waals surface area contributed by atoms with Gasteiger partial charge in [0.1, 0.15) is 5.60 Å². The molecule has 5 nitrogen and oxygen atoms in total. The standard InChI is InChI=1S/C19H27NO4/c1-13-7-5-6-8-16(13)19(22)9-14-11-23-12-15(10-19)20(14)17(21)24-18(2,3)4/h5-8,14-15,22H,9-12H2,1-4H3. The molecule has 1 aromatic rings. The van der Waals surface area contributed by atoms with Crippen LogP contribution in [-0.4, -0.2) is 47.0 Å². The first-order valence-corrected chi connectivity index (χ1v) is 8.57. The molecule has 1 N–H and O–H groups in total. The Balaban J connectivity index is 1.86. The molecular weight excluding hydrogens is 306 g/mol. The molecule has 2 bridgehead atoms. The van der Waals surface area contributed by atoms with Crippen molar-refractivity contribution in [3.05, 3.63) is 35.4 Å². The molecule has 2 aliphatic heterocycles. The first kappa shape index (κ1) is 17.2. The number of hydrogen-bond donors (Lipinski definition) is 1. The van der Waals surface area contributed by atoms with Gasteiger partial charge in [-0.2, -0.15) is 0 Å². The van der Waals surface area contributed by atoms with Crippen molar-refractivity contribution >= 4 is 6.09 Å². The molecule has 0 saturated carbocycles. The summed E-state index contributed by atoms with van der Waals surface area (Å²) >= 11 is 0. The van der Waals surface area contributed by atoms with E-state index in [4.69, 9.17) is 9.47 Å². The summed E-state index contributed by atoms with van der Waals surface area (Å²) in [4.78, 5) is 14.4. The largest absolute Gasteiger partial charge is 0.444 e. The highest BCUT2D eigenvalue weighted by Crippen LogP contribution is 2.42. The van der Waals surface area contributed by atoms with Crippen molar-refractivity contribution in [1.29, 1.82) is 0 Å². The first-order chi connectivity index (χ1) is 11.2. The lowest BCUT2D eigenvalue weighted by Crippen LogP contribution is -2.63. The number of fused-ring (bicyclic) bond motifs is 2. The zero-order chi connectivity index (χ0) is 17.5. The van der Waals surface area contributed by atoms with E-state index >= 15 is 0 Å². The van der Waals surface area contributed by atoms with Gasteiger partial charge in [-0.15, -0.1) is 0 Å². The summed E-state index contributed by atoms with van der Waals surface area (Å²) in [5.41, 5.74) is 0.564. The Hall–Kier alpha value is -1.59. The van der Waals surface area contributed by atoms with Crippen molar-refractivity contribution in [3.63, 3.8) is 0 Å². The van der Waals surface area contributed by atoms with Crippen LogP contribution in [0.15, 0.2) is 24.3 Å². The van der Waals surface area contributed by atoms with Crippen LogP contribution in [0.1, 0.15) is 44.7 Å². The molecule has 2 fully saturated rings. The lowest BCUT2D eigenvalue weighted by molar-refractivity contribution is -0.141. The number of hydrogen-bond acceptors (Lipinski definition) is 4. The molecule has 3 rings (SSSR count). The van der Waals surface area contributed by atoms with Gasteiger partial charge in [0.25, 0.3) is 0 Å². The van der Waals surface area contributed by atoms with Crippen molar-refractivity contribution < 1.29 is 19.4 Å². The van der Waals surface area contributed by atoms with Gasteiger partial charge in [0.05, 0.1) is 30.9 Å². The summed E-state index contributed by atoms with van der Waals surface area (Å²) in [6, 6.07) is 7.58. The second kappa shape index (κ2) is 6.05. The molecule has 24 heavy (non-hydrogen) atoms. The summed E-state index contributed by atoms with van der Waals surface area (Å²) in [6.45, 7) is 8.48. The fourth-order valence-corrected chi connectivity index (χ4v) is 3.90. The van der Waals surface area contributed by atoms with E-state index in [1.165, 1.54) is 0 Å². The van der Waals surface area contributed by atoms with Crippen molar-refractivity contribution in [2.75, 3.05) is 13.2 Å². The summed E-state index contributed by atoms with van der Waals surface area (Å²) < 4.78 is 11.2. The van der Waals surface area contributed by atoms with Gasteiger partial charge in [0.15, 0.2) is 0 Å². The Morgan fingerprint density at radius 2 is 1.83 bits per heavy atom. The fourth-order valence-electron chi connectivity index (χ4n) is 3.90. The zero-order valence-corrected chi connectivity index (χ0v) is 14.9. The molecule has 2 unspecified atom stereocenters. The van der Waals surface area contributed by atoms with Crippen LogP contribution in [0.4, 0.5) is 4.79 Å². The topological polar surface area (TPSA) is 59.0 Å². The summed E-state index contributed by atoms with van der Waals surface area (Å²) in [5.74, 6) is 0. The average Bonchev–Trinajstić information content (AvgIpc) is 2.44. The second-order valence-electron chi connectivity index (χ2n) is 7.99. The molecule has 132 valence electrons. The number of aliphatic hydroxyl groups is 1. The molecule has 1 amide bonds. The molecule has 1 aromatic carbocycles. The maximum Gasteiger partial charge on any atom is 0.410 e. The van der Waals surface area contributed by atoms with Crippen LogP contribution >= 0.6 is 0 Å². The molecule has 5 heteroatoms. The number of benzene rings is 1. The van der Waals surface area contributed by atoms with E-state index in [9.17, 15) is 9.90 Å². The third-order valence-corrected chi connectivity index (χ3v) is 4.80. The van der Waals surface area contributed by atoms with Crippen LogP contribution in [0.2, 0.25) is 0 Å². The van der Waals surface area contributed by atoms with E-state index in [2.05, 4.69) is 0 Å². The SMILES string of the molecule is Cc1ccccc1C1(O)CC2COCC(C1)N2C(=O)OC(C)(C)C. The molecule has 0 aliphatic carbocycles. The van der Waals surface area contributed by atoms with Crippen LogP contribution in [0, 0.1) is 6.92 Å². The van der Waals surface area contributed by atoms with Crippen LogP contribution in [0.25, 0.3) is 0 Å². The van der Waals surface area contributed by atoms with E-state index in [1.54, 1.807) is 4.90 Å². The van der Waals surface area contributed by atoms with E-state index in [-0.39, 0.29) is 18.2 Å². The minimum Gasteiger partial charge on any atom is -0.444 e. The van der Waals surface area contributed by atoms with E-state index in [1.807, 2.05) is 52.0 Å². The Bertz CT molecular complexity index is 608. The van der Waals surface area contributed by atoms with Gasteiger partial charge in [-0.05, 0) is 38.8 Å². The zero-order valence-electron chi connectivity index (χ0n) is 14.9. The second-order valence-corrected chi connectivity index (χ2v) is 7.99. The van der Waals surface area contributed by atoms with Gasteiger partial charge in [-0.3, -0.25) is 4.90 Å². The maximum atomic E-state index is 12.6. The summed E-state index contributed by atoms with van der Waals surface area (Å²) in [5, 5.41) is 11.3. The van der Waals surface area contributed by atoms with Crippen molar-refractivity contribution in [2.24, 2.45) is 0 Å². The molecule has 2 saturated heterocycles. The Morgan fingerprint density at radius 3 is 2.38 bits per heavy atom. The molecule has 2 heterocycles. The number of carbonyl (C=O) groups is 1. The van der Waals surface area contributed by atoms with Gasteiger partial charge in [0, 0.05) is 12.8 Å². The fraction of sp³-hybridized carbons (Fsp3) is 0.632. The lowest BCUT2D eigenvalue weighted by Gasteiger charge is -2.51. The smallest absolute Gasteiger partial charge is 0.410 e.